The van der Waals surface area contributed by atoms with Crippen LogP contribution in [0.4, 0.5) is 5.82 Å². The number of piperidine rings is 2. The fourth-order valence-electron chi connectivity index (χ4n) is 3.36. The van der Waals surface area contributed by atoms with Crippen LogP contribution in [0.25, 0.3) is 0 Å². The summed E-state index contributed by atoms with van der Waals surface area (Å²) < 4.78 is 0. The zero-order valence-electron chi connectivity index (χ0n) is 11.8. The monoisotopic (exact) mass is 260 g/mol. The van der Waals surface area contributed by atoms with Crippen LogP contribution in [0, 0.1) is 12.3 Å². The molecule has 1 spiro atoms. The topological polar surface area (TPSA) is 45.4 Å². The zero-order valence-corrected chi connectivity index (χ0v) is 11.8. The molecule has 3 rings (SSSR count). The number of aryl methyl sites for hydroxylation is 1. The summed E-state index contributed by atoms with van der Waals surface area (Å²) in [6.45, 7) is 6.48. The maximum atomic E-state index is 5.87. The van der Waals surface area contributed by atoms with Gasteiger partial charge in [0, 0.05) is 32.4 Å². The molecular formula is C15H24N4. The highest BCUT2D eigenvalue weighted by atomic mass is 15.4. The molecule has 104 valence electrons. The van der Waals surface area contributed by atoms with E-state index in [1.54, 1.807) is 0 Å². The van der Waals surface area contributed by atoms with Crippen LogP contribution in [0.5, 0.6) is 0 Å². The Hall–Kier alpha value is -1.13. The van der Waals surface area contributed by atoms with Crippen LogP contribution in [0.3, 0.4) is 0 Å². The van der Waals surface area contributed by atoms with Gasteiger partial charge in [-0.05, 0) is 49.7 Å². The van der Waals surface area contributed by atoms with Gasteiger partial charge >= 0.3 is 0 Å². The van der Waals surface area contributed by atoms with Gasteiger partial charge in [0.1, 0.15) is 5.82 Å². The van der Waals surface area contributed by atoms with Crippen molar-refractivity contribution in [3.63, 3.8) is 0 Å². The van der Waals surface area contributed by atoms with E-state index in [4.69, 9.17) is 5.84 Å². The van der Waals surface area contributed by atoms with Gasteiger partial charge in [0.25, 0.3) is 0 Å². The molecule has 0 bridgehead atoms. The predicted molar refractivity (Wildman–Crippen MR) is 77.8 cm³/mol. The third-order valence-corrected chi connectivity index (χ3v) is 4.90. The van der Waals surface area contributed by atoms with Crippen LogP contribution in [-0.2, 0) is 0 Å². The third kappa shape index (κ3) is 2.74. The highest BCUT2D eigenvalue weighted by Gasteiger charge is 2.37. The smallest absolute Gasteiger partial charge is 0.128 e. The Morgan fingerprint density at radius 1 is 1.05 bits per heavy atom. The van der Waals surface area contributed by atoms with Crippen molar-refractivity contribution in [1.29, 1.82) is 0 Å². The third-order valence-electron chi connectivity index (χ3n) is 4.90. The molecule has 1 aromatic rings. The Morgan fingerprint density at radius 3 is 2.26 bits per heavy atom. The van der Waals surface area contributed by atoms with Crippen molar-refractivity contribution in [2.45, 2.75) is 32.6 Å². The molecule has 4 nitrogen and oxygen atoms in total. The molecule has 2 aliphatic rings. The van der Waals surface area contributed by atoms with Crippen LogP contribution >= 0.6 is 0 Å². The molecule has 3 heterocycles. The first-order valence-electron chi connectivity index (χ1n) is 7.34. The van der Waals surface area contributed by atoms with E-state index in [1.807, 2.05) is 11.2 Å². The summed E-state index contributed by atoms with van der Waals surface area (Å²) in [7, 11) is 0. The van der Waals surface area contributed by atoms with E-state index >= 15 is 0 Å². The second-order valence-corrected chi connectivity index (χ2v) is 6.22. The summed E-state index contributed by atoms with van der Waals surface area (Å²) in [5.41, 5.74) is 1.78. The molecule has 1 aromatic heterocycles. The Morgan fingerprint density at radius 2 is 1.68 bits per heavy atom. The minimum atomic E-state index is 0.553. The average Bonchev–Trinajstić information content (AvgIpc) is 2.44. The molecule has 0 atom stereocenters. The minimum Gasteiger partial charge on any atom is -0.357 e. The van der Waals surface area contributed by atoms with Gasteiger partial charge in [-0.15, -0.1) is 0 Å². The lowest BCUT2D eigenvalue weighted by Gasteiger charge is -2.46. The van der Waals surface area contributed by atoms with E-state index in [0.29, 0.717) is 5.41 Å². The van der Waals surface area contributed by atoms with Crippen LogP contribution in [0.2, 0.25) is 0 Å². The lowest BCUT2D eigenvalue weighted by atomic mass is 9.71. The first-order valence-corrected chi connectivity index (χ1v) is 7.34. The summed E-state index contributed by atoms with van der Waals surface area (Å²) >= 11 is 0. The van der Waals surface area contributed by atoms with E-state index in [-0.39, 0.29) is 0 Å². The fraction of sp³-hybridized carbons (Fsp3) is 0.667. The van der Waals surface area contributed by atoms with Gasteiger partial charge in [-0.25, -0.2) is 9.99 Å². The quantitative estimate of drug-likeness (QED) is 0.784. The number of anilines is 1. The summed E-state index contributed by atoms with van der Waals surface area (Å²) in [5, 5.41) is 1.97. The van der Waals surface area contributed by atoms with Gasteiger partial charge in [0.05, 0.1) is 0 Å². The van der Waals surface area contributed by atoms with E-state index in [1.165, 1.54) is 31.2 Å². The Bertz CT molecular complexity index is 410. The molecule has 2 fully saturated rings. The molecule has 0 amide bonds. The van der Waals surface area contributed by atoms with Crippen molar-refractivity contribution in [2.24, 2.45) is 11.3 Å². The lowest BCUT2D eigenvalue weighted by molar-refractivity contribution is 0.0801. The maximum absolute atomic E-state index is 5.87. The van der Waals surface area contributed by atoms with Crippen molar-refractivity contribution < 1.29 is 0 Å². The van der Waals surface area contributed by atoms with Gasteiger partial charge < -0.3 is 4.90 Å². The molecule has 4 heteroatoms. The molecule has 19 heavy (non-hydrogen) atoms. The zero-order chi connectivity index (χ0) is 13.3. The van der Waals surface area contributed by atoms with Crippen molar-refractivity contribution in [3.05, 3.63) is 23.9 Å². The Kier molecular flexibility index (Phi) is 3.46. The summed E-state index contributed by atoms with van der Waals surface area (Å²) in [5.74, 6) is 7.01. The van der Waals surface area contributed by atoms with E-state index < -0.39 is 0 Å². The Balaban J connectivity index is 1.61. The number of hydrazine groups is 1. The minimum absolute atomic E-state index is 0.553. The number of pyridine rings is 1. The molecule has 0 saturated carbocycles. The second-order valence-electron chi connectivity index (χ2n) is 6.22. The average molecular weight is 260 g/mol. The molecule has 2 saturated heterocycles. The van der Waals surface area contributed by atoms with Gasteiger partial charge in [-0.1, -0.05) is 6.07 Å². The van der Waals surface area contributed by atoms with Crippen LogP contribution in [0.15, 0.2) is 18.3 Å². The standard InChI is InChI=1S/C15H24N4/c1-13-2-3-14(17-12-13)18-8-4-15(5-9-18)6-10-19(16)11-7-15/h2-3,12H,4-11,16H2,1H3. The molecular weight excluding hydrogens is 236 g/mol. The number of nitrogens with zero attached hydrogens (tertiary/aromatic N) is 3. The first kappa shape index (κ1) is 12.9. The molecule has 0 radical (unpaired) electrons. The number of aromatic nitrogens is 1. The van der Waals surface area contributed by atoms with Gasteiger partial charge in [0.15, 0.2) is 0 Å². The SMILES string of the molecule is Cc1ccc(N2CCC3(CCN(N)CC3)CC2)nc1. The number of hydrogen-bond acceptors (Lipinski definition) is 4. The van der Waals surface area contributed by atoms with Crippen molar-refractivity contribution >= 4 is 5.82 Å². The summed E-state index contributed by atoms with van der Waals surface area (Å²) in [6.07, 6.45) is 7.07. The van der Waals surface area contributed by atoms with Gasteiger partial charge in [-0.2, -0.15) is 0 Å². The molecule has 0 unspecified atom stereocenters. The molecule has 0 aromatic carbocycles. The number of nitrogens with two attached hydrogens (primary N) is 1. The van der Waals surface area contributed by atoms with Gasteiger partial charge in [0.2, 0.25) is 0 Å². The van der Waals surface area contributed by atoms with E-state index in [9.17, 15) is 0 Å². The van der Waals surface area contributed by atoms with Crippen LogP contribution in [-0.4, -0.2) is 36.2 Å². The summed E-state index contributed by atoms with van der Waals surface area (Å²) in [4.78, 5) is 6.98. The van der Waals surface area contributed by atoms with E-state index in [2.05, 4.69) is 28.9 Å². The number of rotatable bonds is 1. The predicted octanol–water partition coefficient (Wildman–Crippen LogP) is 1.95. The van der Waals surface area contributed by atoms with E-state index in [0.717, 1.165) is 32.0 Å². The highest BCUT2D eigenvalue weighted by Crippen LogP contribution is 2.41. The summed E-state index contributed by atoms with van der Waals surface area (Å²) in [6, 6.07) is 4.30. The molecule has 0 aliphatic carbocycles. The second kappa shape index (κ2) is 5.10. The molecule has 2 N–H and O–H groups in total. The van der Waals surface area contributed by atoms with Crippen LogP contribution < -0.4 is 10.7 Å². The normalized spacial score (nSPS) is 23.8. The fourth-order valence-corrected chi connectivity index (χ4v) is 3.36. The lowest BCUT2D eigenvalue weighted by Crippen LogP contribution is -2.48. The van der Waals surface area contributed by atoms with Crippen molar-refractivity contribution in [3.8, 4) is 0 Å². The van der Waals surface area contributed by atoms with Crippen molar-refractivity contribution in [2.75, 3.05) is 31.1 Å². The van der Waals surface area contributed by atoms with Crippen molar-refractivity contribution in [1.82, 2.24) is 9.99 Å². The van der Waals surface area contributed by atoms with Gasteiger partial charge in [-0.3, -0.25) is 5.84 Å². The van der Waals surface area contributed by atoms with Crippen LogP contribution in [0.1, 0.15) is 31.2 Å². The number of hydrogen-bond donors (Lipinski definition) is 1. The maximum Gasteiger partial charge on any atom is 0.128 e. The molecule has 2 aliphatic heterocycles. The Labute approximate surface area is 115 Å². The largest absolute Gasteiger partial charge is 0.357 e. The first-order chi connectivity index (χ1) is 9.17. The highest BCUT2D eigenvalue weighted by molar-refractivity contribution is 5.39.